The first kappa shape index (κ1) is 24.0. The van der Waals surface area contributed by atoms with Crippen LogP contribution < -0.4 is 10.3 Å². The molecule has 1 saturated carbocycles. The summed E-state index contributed by atoms with van der Waals surface area (Å²) in [5.74, 6) is 0.100. The van der Waals surface area contributed by atoms with Gasteiger partial charge in [-0.2, -0.15) is 0 Å². The van der Waals surface area contributed by atoms with E-state index in [1.807, 2.05) is 4.90 Å². The lowest BCUT2D eigenvalue weighted by atomic mass is 9.74. The largest absolute Gasteiger partial charge is 0.496 e. The van der Waals surface area contributed by atoms with E-state index in [2.05, 4.69) is 17.2 Å². The zero-order valence-electron chi connectivity index (χ0n) is 20.4. The summed E-state index contributed by atoms with van der Waals surface area (Å²) in [6.07, 6.45) is 5.50. The molecule has 34 heavy (non-hydrogen) atoms. The number of nitrogens with zero attached hydrogens (tertiary/aromatic N) is 5. The van der Waals surface area contributed by atoms with E-state index in [-0.39, 0.29) is 35.1 Å². The summed E-state index contributed by atoms with van der Waals surface area (Å²) in [4.78, 5) is 43.3. The molecule has 2 aliphatic rings. The summed E-state index contributed by atoms with van der Waals surface area (Å²) >= 11 is 0. The highest BCUT2D eigenvalue weighted by molar-refractivity contribution is 5.98. The lowest BCUT2D eigenvalue weighted by molar-refractivity contribution is -0.143. The maximum absolute atomic E-state index is 13.5. The molecule has 4 rings (SSSR count). The van der Waals surface area contributed by atoms with Crippen molar-refractivity contribution in [2.45, 2.75) is 65.5 Å². The number of methoxy groups -OCH3 is 1. The van der Waals surface area contributed by atoms with Crippen molar-refractivity contribution in [1.29, 1.82) is 0 Å². The standard InChI is InChI=1S/C24H33N5O5/c1-16-17(26-34-25-16)15-27(3)22(31)21-18-8-11-28(23(32)24(2)9-6-5-7-10-24)12-13-29(18)20(30)14-19(21)33-4/h14H,5-13,15H2,1-4H3. The van der Waals surface area contributed by atoms with Crippen molar-refractivity contribution in [3.05, 3.63) is 39.1 Å². The van der Waals surface area contributed by atoms with Crippen molar-refractivity contribution in [3.8, 4) is 5.75 Å². The van der Waals surface area contributed by atoms with Crippen molar-refractivity contribution in [2.75, 3.05) is 27.2 Å². The normalized spacial score (nSPS) is 17.6. The van der Waals surface area contributed by atoms with Gasteiger partial charge in [0.05, 0.1) is 13.7 Å². The Morgan fingerprint density at radius 3 is 2.56 bits per heavy atom. The molecule has 3 heterocycles. The molecule has 2 aromatic rings. The minimum absolute atomic E-state index is 0.152. The summed E-state index contributed by atoms with van der Waals surface area (Å²) in [6.45, 7) is 5.27. The van der Waals surface area contributed by atoms with E-state index in [0.29, 0.717) is 48.7 Å². The number of aryl methyl sites for hydroxylation is 1. The third kappa shape index (κ3) is 4.45. The van der Waals surface area contributed by atoms with Crippen molar-refractivity contribution >= 4 is 11.8 Å². The van der Waals surface area contributed by atoms with Crippen LogP contribution in [0.3, 0.4) is 0 Å². The average molecular weight is 472 g/mol. The van der Waals surface area contributed by atoms with Gasteiger partial charge in [-0.15, -0.1) is 0 Å². The zero-order chi connectivity index (χ0) is 24.5. The van der Waals surface area contributed by atoms with Crippen molar-refractivity contribution in [3.63, 3.8) is 0 Å². The fraction of sp³-hybridized carbons (Fsp3) is 0.625. The Hall–Kier alpha value is -3.17. The number of carbonyl (C=O) groups is 2. The minimum Gasteiger partial charge on any atom is -0.496 e. The van der Waals surface area contributed by atoms with Gasteiger partial charge in [-0.05, 0) is 19.8 Å². The highest BCUT2D eigenvalue weighted by Crippen LogP contribution is 2.38. The van der Waals surface area contributed by atoms with Crippen molar-refractivity contribution in [1.82, 2.24) is 24.7 Å². The van der Waals surface area contributed by atoms with Crippen LogP contribution in [-0.2, 0) is 24.3 Å². The molecule has 0 bridgehead atoms. The number of pyridine rings is 1. The first-order chi connectivity index (χ1) is 16.2. The third-order valence-electron chi connectivity index (χ3n) is 7.27. The monoisotopic (exact) mass is 471 g/mol. The van der Waals surface area contributed by atoms with Crippen LogP contribution >= 0.6 is 0 Å². The minimum atomic E-state index is -0.347. The lowest BCUT2D eigenvalue weighted by Gasteiger charge is -2.36. The van der Waals surface area contributed by atoms with Crippen molar-refractivity contribution < 1.29 is 19.0 Å². The molecule has 0 N–H and O–H groups in total. The number of amides is 2. The van der Waals surface area contributed by atoms with Gasteiger partial charge in [0.25, 0.3) is 11.5 Å². The fourth-order valence-electron chi connectivity index (χ4n) is 5.15. The number of aromatic nitrogens is 3. The molecule has 0 radical (unpaired) electrons. The summed E-state index contributed by atoms with van der Waals surface area (Å²) < 4.78 is 11.8. The molecule has 0 atom stereocenters. The fourth-order valence-corrected chi connectivity index (χ4v) is 5.15. The highest BCUT2D eigenvalue weighted by atomic mass is 16.6. The molecule has 0 unspecified atom stereocenters. The van der Waals surface area contributed by atoms with Gasteiger partial charge in [-0.1, -0.05) is 36.5 Å². The van der Waals surface area contributed by atoms with Crippen LogP contribution in [0.15, 0.2) is 15.5 Å². The van der Waals surface area contributed by atoms with E-state index < -0.39 is 0 Å². The summed E-state index contributed by atoms with van der Waals surface area (Å²) in [5.41, 5.74) is 1.53. The molecule has 1 fully saturated rings. The van der Waals surface area contributed by atoms with Gasteiger partial charge >= 0.3 is 0 Å². The first-order valence-corrected chi connectivity index (χ1v) is 11.9. The Balaban J connectivity index is 1.63. The molecule has 10 heteroatoms. The predicted octanol–water partition coefficient (Wildman–Crippen LogP) is 2.18. The first-order valence-electron chi connectivity index (χ1n) is 11.9. The van der Waals surface area contributed by atoms with E-state index >= 15 is 0 Å². The Kier molecular flexibility index (Phi) is 6.77. The molecule has 2 aromatic heterocycles. The quantitative estimate of drug-likeness (QED) is 0.657. The second kappa shape index (κ2) is 9.60. The molecule has 2 amide bonds. The van der Waals surface area contributed by atoms with E-state index in [1.165, 1.54) is 24.5 Å². The van der Waals surface area contributed by atoms with Crippen LogP contribution in [0.2, 0.25) is 0 Å². The predicted molar refractivity (Wildman–Crippen MR) is 124 cm³/mol. The van der Waals surface area contributed by atoms with Crippen molar-refractivity contribution in [2.24, 2.45) is 5.41 Å². The van der Waals surface area contributed by atoms with E-state index in [1.54, 1.807) is 18.5 Å². The molecule has 184 valence electrons. The summed E-state index contributed by atoms with van der Waals surface area (Å²) in [7, 11) is 3.11. The summed E-state index contributed by atoms with van der Waals surface area (Å²) in [6, 6.07) is 1.35. The molecular weight excluding hydrogens is 438 g/mol. The molecule has 0 aromatic carbocycles. The number of rotatable bonds is 5. The van der Waals surface area contributed by atoms with Crippen LogP contribution in [0.1, 0.15) is 66.5 Å². The van der Waals surface area contributed by atoms with Gasteiger partial charge in [0.2, 0.25) is 5.91 Å². The van der Waals surface area contributed by atoms with Crippen LogP contribution in [0.25, 0.3) is 0 Å². The molecule has 1 aliphatic carbocycles. The Morgan fingerprint density at radius 1 is 1.18 bits per heavy atom. The van der Waals surface area contributed by atoms with Gasteiger partial charge in [0.15, 0.2) is 0 Å². The average Bonchev–Trinajstić information content (AvgIpc) is 3.09. The van der Waals surface area contributed by atoms with Gasteiger partial charge in [-0.3, -0.25) is 14.4 Å². The van der Waals surface area contributed by atoms with Gasteiger partial charge in [0.1, 0.15) is 22.7 Å². The SMILES string of the molecule is COc1cc(=O)n2c(c1C(=O)N(C)Cc1nonc1C)CCN(C(=O)C1(C)CCCCC1)CC2. The maximum atomic E-state index is 13.5. The van der Waals surface area contributed by atoms with E-state index in [0.717, 1.165) is 25.7 Å². The van der Waals surface area contributed by atoms with Crippen LogP contribution in [0.4, 0.5) is 0 Å². The van der Waals surface area contributed by atoms with Gasteiger partial charge < -0.3 is 19.1 Å². The number of hydrogen-bond acceptors (Lipinski definition) is 7. The number of carbonyl (C=O) groups excluding carboxylic acids is 2. The second-order valence-electron chi connectivity index (χ2n) is 9.65. The molecule has 0 spiro atoms. The maximum Gasteiger partial charge on any atom is 0.259 e. The van der Waals surface area contributed by atoms with E-state index in [4.69, 9.17) is 9.37 Å². The van der Waals surface area contributed by atoms with Crippen LogP contribution in [0, 0.1) is 12.3 Å². The Labute approximate surface area is 198 Å². The highest BCUT2D eigenvalue weighted by Gasteiger charge is 2.38. The van der Waals surface area contributed by atoms with E-state index in [9.17, 15) is 14.4 Å². The smallest absolute Gasteiger partial charge is 0.259 e. The van der Waals surface area contributed by atoms with Gasteiger partial charge in [-0.25, -0.2) is 4.63 Å². The molecular formula is C24H33N5O5. The zero-order valence-corrected chi connectivity index (χ0v) is 20.4. The number of ether oxygens (including phenoxy) is 1. The Morgan fingerprint density at radius 2 is 1.91 bits per heavy atom. The number of fused-ring (bicyclic) bond motifs is 1. The summed E-state index contributed by atoms with van der Waals surface area (Å²) in [5, 5.41) is 7.63. The van der Waals surface area contributed by atoms with Gasteiger partial charge in [0, 0.05) is 50.3 Å². The third-order valence-corrected chi connectivity index (χ3v) is 7.27. The molecule has 10 nitrogen and oxygen atoms in total. The van der Waals surface area contributed by atoms with Crippen LogP contribution in [-0.4, -0.2) is 63.7 Å². The topological polar surface area (TPSA) is 111 Å². The van der Waals surface area contributed by atoms with Crippen LogP contribution in [0.5, 0.6) is 5.75 Å². The Bertz CT molecular complexity index is 1130. The molecule has 1 aliphatic heterocycles. The molecule has 0 saturated heterocycles. The second-order valence-corrected chi connectivity index (χ2v) is 9.65. The number of hydrogen-bond donors (Lipinski definition) is 0. The lowest BCUT2D eigenvalue weighted by Crippen LogP contribution is -2.44.